The average molecular weight is 341 g/mol. The zero-order valence-electron chi connectivity index (χ0n) is 12.3. The molecule has 0 saturated carbocycles. The molecular weight excluding hydrogens is 330 g/mol. The third kappa shape index (κ3) is 3.70. The van der Waals surface area contributed by atoms with E-state index < -0.39 is 52.3 Å². The lowest BCUT2D eigenvalue weighted by Gasteiger charge is -2.18. The lowest BCUT2D eigenvalue weighted by molar-refractivity contribution is -0.143. The maximum Gasteiger partial charge on any atom is 0.333 e. The highest BCUT2D eigenvalue weighted by Crippen LogP contribution is 2.21. The second-order valence-electron chi connectivity index (χ2n) is 4.72. The van der Waals surface area contributed by atoms with E-state index in [1.807, 2.05) is 5.32 Å². The summed E-state index contributed by atoms with van der Waals surface area (Å²) in [5, 5.41) is 2.05. The van der Waals surface area contributed by atoms with Crippen LogP contribution in [0.5, 0.6) is 0 Å². The van der Waals surface area contributed by atoms with Crippen molar-refractivity contribution >= 4 is 11.9 Å². The molecule has 0 aromatic heterocycles. The molecule has 126 valence electrons. The van der Waals surface area contributed by atoms with Gasteiger partial charge in [-0.2, -0.15) is 0 Å². The molecule has 0 aliphatic carbocycles. The number of nitrogens with one attached hydrogen (secondary N) is 1. The Morgan fingerprint density at radius 1 is 0.958 bits per heavy atom. The van der Waals surface area contributed by atoms with Crippen molar-refractivity contribution in [3.63, 3.8) is 0 Å². The molecule has 0 spiro atoms. The molecule has 4 nitrogen and oxygen atoms in total. The van der Waals surface area contributed by atoms with Crippen molar-refractivity contribution < 1.29 is 31.9 Å². The Morgan fingerprint density at radius 2 is 1.58 bits per heavy atom. The fourth-order valence-electron chi connectivity index (χ4n) is 2.00. The average Bonchev–Trinajstić information content (AvgIpc) is 2.54. The van der Waals surface area contributed by atoms with Gasteiger partial charge in [0, 0.05) is 11.6 Å². The standard InChI is InChI=1S/C16H11F4NO3/c1-24-16(23)14(11-6-8(17)3-5-12(11)19)21-15(22)10-4-2-9(18)7-13(10)20/h2-7,14H,1H3,(H,21,22). The number of benzene rings is 2. The van der Waals surface area contributed by atoms with Gasteiger partial charge in [-0.05, 0) is 30.3 Å². The molecule has 1 atom stereocenters. The van der Waals surface area contributed by atoms with E-state index in [2.05, 4.69) is 4.74 Å². The molecule has 2 rings (SSSR count). The van der Waals surface area contributed by atoms with Gasteiger partial charge in [0.15, 0.2) is 6.04 Å². The number of carbonyl (C=O) groups is 2. The second-order valence-corrected chi connectivity index (χ2v) is 4.72. The summed E-state index contributed by atoms with van der Waals surface area (Å²) in [6.07, 6.45) is 0. The number of esters is 1. The Hall–Kier alpha value is -2.90. The topological polar surface area (TPSA) is 55.4 Å². The lowest BCUT2D eigenvalue weighted by atomic mass is 10.0. The summed E-state index contributed by atoms with van der Waals surface area (Å²) < 4.78 is 58.1. The number of halogens is 4. The van der Waals surface area contributed by atoms with Gasteiger partial charge in [0.05, 0.1) is 12.7 Å². The Balaban J connectivity index is 2.37. The highest BCUT2D eigenvalue weighted by Gasteiger charge is 2.28. The first-order chi connectivity index (χ1) is 11.3. The van der Waals surface area contributed by atoms with Gasteiger partial charge in [0.25, 0.3) is 5.91 Å². The number of ether oxygens (including phenoxy) is 1. The molecule has 2 aromatic carbocycles. The molecule has 1 N–H and O–H groups in total. The van der Waals surface area contributed by atoms with Gasteiger partial charge in [-0.15, -0.1) is 0 Å². The van der Waals surface area contributed by atoms with Gasteiger partial charge >= 0.3 is 5.97 Å². The van der Waals surface area contributed by atoms with Crippen molar-refractivity contribution in [3.8, 4) is 0 Å². The van der Waals surface area contributed by atoms with Crippen LogP contribution < -0.4 is 5.32 Å². The lowest BCUT2D eigenvalue weighted by Crippen LogP contribution is -2.35. The van der Waals surface area contributed by atoms with Crippen LogP contribution in [0.3, 0.4) is 0 Å². The Morgan fingerprint density at radius 3 is 2.21 bits per heavy atom. The number of amides is 1. The van der Waals surface area contributed by atoms with Crippen LogP contribution >= 0.6 is 0 Å². The van der Waals surface area contributed by atoms with Gasteiger partial charge in [-0.1, -0.05) is 0 Å². The van der Waals surface area contributed by atoms with Crippen molar-refractivity contribution in [3.05, 3.63) is 70.8 Å². The van der Waals surface area contributed by atoms with Gasteiger partial charge in [-0.3, -0.25) is 4.79 Å². The van der Waals surface area contributed by atoms with E-state index in [4.69, 9.17) is 0 Å². The Labute approximate surface area is 134 Å². The minimum atomic E-state index is -1.71. The van der Waals surface area contributed by atoms with Crippen molar-refractivity contribution in [1.29, 1.82) is 0 Å². The minimum Gasteiger partial charge on any atom is -0.467 e. The monoisotopic (exact) mass is 341 g/mol. The molecule has 24 heavy (non-hydrogen) atoms. The van der Waals surface area contributed by atoms with Crippen molar-refractivity contribution in [2.75, 3.05) is 7.11 Å². The Kier molecular flexibility index (Phi) is 5.18. The van der Waals surface area contributed by atoms with Gasteiger partial charge < -0.3 is 10.1 Å². The summed E-state index contributed by atoms with van der Waals surface area (Å²) in [4.78, 5) is 23.9. The van der Waals surface area contributed by atoms with E-state index in [1.165, 1.54) is 0 Å². The van der Waals surface area contributed by atoms with E-state index in [0.717, 1.165) is 31.4 Å². The third-order valence-electron chi connectivity index (χ3n) is 3.16. The first kappa shape index (κ1) is 17.5. The highest BCUT2D eigenvalue weighted by atomic mass is 19.1. The first-order valence-electron chi connectivity index (χ1n) is 6.62. The van der Waals surface area contributed by atoms with Crippen LogP contribution in [-0.4, -0.2) is 19.0 Å². The van der Waals surface area contributed by atoms with Crippen LogP contribution in [0.4, 0.5) is 17.6 Å². The smallest absolute Gasteiger partial charge is 0.333 e. The predicted octanol–water partition coefficient (Wildman–Crippen LogP) is 2.89. The molecule has 2 aromatic rings. The van der Waals surface area contributed by atoms with Crippen molar-refractivity contribution in [2.24, 2.45) is 0 Å². The zero-order valence-corrected chi connectivity index (χ0v) is 12.3. The van der Waals surface area contributed by atoms with Crippen LogP contribution in [0, 0.1) is 23.3 Å². The number of hydrogen-bond acceptors (Lipinski definition) is 3. The van der Waals surface area contributed by atoms with Crippen LogP contribution in [0.2, 0.25) is 0 Å². The largest absolute Gasteiger partial charge is 0.467 e. The molecule has 0 radical (unpaired) electrons. The van der Waals surface area contributed by atoms with E-state index in [1.54, 1.807) is 0 Å². The third-order valence-corrected chi connectivity index (χ3v) is 3.16. The van der Waals surface area contributed by atoms with Crippen molar-refractivity contribution in [2.45, 2.75) is 6.04 Å². The second kappa shape index (κ2) is 7.12. The van der Waals surface area contributed by atoms with Gasteiger partial charge in [0.2, 0.25) is 0 Å². The van der Waals surface area contributed by atoms with Gasteiger partial charge in [0.1, 0.15) is 23.3 Å². The molecule has 0 heterocycles. The summed E-state index contributed by atoms with van der Waals surface area (Å²) in [6, 6.07) is 2.77. The number of rotatable bonds is 4. The number of methoxy groups -OCH3 is 1. The molecule has 0 aliphatic rings. The summed E-state index contributed by atoms with van der Waals surface area (Å²) in [6.45, 7) is 0. The highest BCUT2D eigenvalue weighted by molar-refractivity contribution is 5.97. The molecule has 0 bridgehead atoms. The maximum atomic E-state index is 13.9. The fourth-order valence-corrected chi connectivity index (χ4v) is 2.00. The van der Waals surface area contributed by atoms with E-state index >= 15 is 0 Å². The molecule has 1 amide bonds. The summed E-state index contributed by atoms with van der Waals surface area (Å²) >= 11 is 0. The maximum absolute atomic E-state index is 13.9. The molecule has 8 heteroatoms. The summed E-state index contributed by atoms with van der Waals surface area (Å²) in [5.41, 5.74) is -1.06. The SMILES string of the molecule is COC(=O)C(NC(=O)c1ccc(F)cc1F)c1cc(F)ccc1F. The quantitative estimate of drug-likeness (QED) is 0.687. The van der Waals surface area contributed by atoms with Crippen molar-refractivity contribution in [1.82, 2.24) is 5.32 Å². The van der Waals surface area contributed by atoms with Crippen LogP contribution in [0.25, 0.3) is 0 Å². The molecular formula is C16H11F4NO3. The Bertz CT molecular complexity index is 795. The first-order valence-corrected chi connectivity index (χ1v) is 6.62. The zero-order chi connectivity index (χ0) is 17.9. The van der Waals surface area contributed by atoms with E-state index in [0.29, 0.717) is 12.1 Å². The molecule has 0 saturated heterocycles. The minimum absolute atomic E-state index is 0.477. The van der Waals surface area contributed by atoms with E-state index in [-0.39, 0.29) is 0 Å². The van der Waals surface area contributed by atoms with Gasteiger partial charge in [-0.25, -0.2) is 22.4 Å². The summed E-state index contributed by atoms with van der Waals surface area (Å²) in [5.74, 6) is -6.09. The molecule has 0 fully saturated rings. The molecule has 0 aliphatic heterocycles. The predicted molar refractivity (Wildman–Crippen MR) is 74.9 cm³/mol. The molecule has 1 unspecified atom stereocenters. The number of hydrogen-bond donors (Lipinski definition) is 1. The fraction of sp³-hybridized carbons (Fsp3) is 0.125. The summed E-state index contributed by atoms with van der Waals surface area (Å²) in [7, 11) is 0.983. The van der Waals surface area contributed by atoms with Crippen LogP contribution in [0.1, 0.15) is 22.0 Å². The normalized spacial score (nSPS) is 11.7. The van der Waals surface area contributed by atoms with E-state index in [9.17, 15) is 27.2 Å². The number of carbonyl (C=O) groups excluding carboxylic acids is 2. The van der Waals surface area contributed by atoms with Crippen LogP contribution in [-0.2, 0) is 9.53 Å². The van der Waals surface area contributed by atoms with Crippen LogP contribution in [0.15, 0.2) is 36.4 Å².